The van der Waals surface area contributed by atoms with Crippen LogP contribution in [0.4, 0.5) is 35.9 Å². The first-order valence-corrected chi connectivity index (χ1v) is 35.8. The molecule has 18 nitrogen and oxygen atoms in total. The molecule has 0 fully saturated rings. The highest BCUT2D eigenvalue weighted by molar-refractivity contribution is 8.00. The number of aromatic nitrogens is 4. The summed E-state index contributed by atoms with van der Waals surface area (Å²) in [5.74, 6) is 4.36. The fourth-order valence-electron chi connectivity index (χ4n) is 10.5. The number of fused-ring (bicyclic) bond motifs is 4. The number of aryl methyl sites for hydroxylation is 2. The van der Waals surface area contributed by atoms with Gasteiger partial charge in [-0.05, 0) is 112 Å². The molecule has 96 heavy (non-hydrogen) atoms. The molecule has 25 heteroatoms. The Morgan fingerprint density at radius 1 is 0.438 bits per heavy atom. The van der Waals surface area contributed by atoms with Gasteiger partial charge in [-0.3, -0.25) is 36.8 Å². The average molecular weight is 1390 g/mol. The quantitative estimate of drug-likeness (QED) is 0.0729. The number of hydrogen-bond acceptors (Lipinski definition) is 18. The van der Waals surface area contributed by atoms with Crippen molar-refractivity contribution in [3.63, 3.8) is 0 Å². The summed E-state index contributed by atoms with van der Waals surface area (Å²) in [5.41, 5.74) is 16.1. The molecular formula is C71H75F3N8O10S4. The normalized spacial score (nSPS) is 14.3. The van der Waals surface area contributed by atoms with Crippen molar-refractivity contribution in [3.05, 3.63) is 206 Å². The smallest absolute Gasteiger partial charge is 0.422 e. The van der Waals surface area contributed by atoms with Crippen LogP contribution in [0, 0.1) is 41.5 Å². The Morgan fingerprint density at radius 3 is 1.32 bits per heavy atom. The van der Waals surface area contributed by atoms with Gasteiger partial charge in [0, 0.05) is 104 Å². The van der Waals surface area contributed by atoms with E-state index in [0.717, 1.165) is 119 Å². The van der Waals surface area contributed by atoms with E-state index in [0.29, 0.717) is 82.5 Å². The molecule has 8 heterocycles. The molecular weight excluding hydrogens is 1310 g/mol. The molecule has 4 unspecified atom stereocenters. The topological polar surface area (TPSA) is 225 Å². The number of nitrogens with zero attached hydrogens (tertiary/aromatic N) is 8. The van der Waals surface area contributed by atoms with E-state index >= 15 is 0 Å². The minimum Gasteiger partial charge on any atom is -0.497 e. The summed E-state index contributed by atoms with van der Waals surface area (Å²) in [4.78, 5) is 35.2. The van der Waals surface area contributed by atoms with Gasteiger partial charge in [-0.25, -0.2) is 20.0 Å². The second-order valence-electron chi connectivity index (χ2n) is 22.6. The first-order valence-electron chi connectivity index (χ1n) is 30.6. The standard InChI is InChI=1S/C19H22N2O3S.C18H20N2O2S.C17H15F3N2O2S.C17H18N2O3S/c1-14-17(20-9-8-18(14)24-11-5-10-23-2)13-25(22)19-12-15-6-3-4-7-16(15)21-19;1-11-5-6-14-8-17(20-15(14)7-11)23(21)10-16-13(3)18(22-4)12(2)9-19-16;1-11-14(21-7-6-15(11)24-10-17(18,19)20)9-25(23)16-8-12-4-2-3-5-13(12)22-16;1-11-15(18-7-6-16(11)22-3)10-23(20)17-8-12-4-5-13(21-2)9-14(12)19-17/h3-4,6-9H,5,10-13H2,1-2H3;5-7,9H,8,10H2,1-4H3;2-7H,8-10H2,1H3;4-7,9H,8,10H2,1-3H3. The van der Waals surface area contributed by atoms with Crippen LogP contribution in [0.25, 0.3) is 0 Å². The lowest BCUT2D eigenvalue weighted by atomic mass is 10.1. The fourth-order valence-corrected chi connectivity index (χ4v) is 15.4. The lowest BCUT2D eigenvalue weighted by Crippen LogP contribution is -2.20. The molecule has 0 aliphatic carbocycles. The molecule has 12 rings (SSSR count). The van der Waals surface area contributed by atoms with Crippen LogP contribution < -0.4 is 23.7 Å². The molecule has 8 aromatic rings. The molecule has 4 aliphatic rings. The van der Waals surface area contributed by atoms with Gasteiger partial charge in [0.05, 0.1) is 140 Å². The highest BCUT2D eigenvalue weighted by Crippen LogP contribution is 2.35. The number of benzene rings is 4. The van der Waals surface area contributed by atoms with E-state index in [4.69, 9.17) is 28.4 Å². The molecule has 4 aromatic carbocycles. The number of hydrogen-bond donors (Lipinski definition) is 0. The summed E-state index contributed by atoms with van der Waals surface area (Å²) in [7, 11) is 1.59. The van der Waals surface area contributed by atoms with Gasteiger partial charge < -0.3 is 28.4 Å². The third-order valence-electron chi connectivity index (χ3n) is 15.9. The Kier molecular flexibility index (Phi) is 25.0. The minimum absolute atomic E-state index is 0.0852. The monoisotopic (exact) mass is 1380 g/mol. The number of ether oxygens (including phenoxy) is 6. The number of halogens is 3. The van der Waals surface area contributed by atoms with Gasteiger partial charge in [-0.1, -0.05) is 54.6 Å². The molecule has 0 radical (unpaired) electrons. The largest absolute Gasteiger partial charge is 0.497 e. The zero-order valence-electron chi connectivity index (χ0n) is 55.0. The lowest BCUT2D eigenvalue weighted by molar-refractivity contribution is -0.153. The van der Waals surface area contributed by atoms with Gasteiger partial charge in [0.15, 0.2) is 6.61 Å². The predicted octanol–water partition coefficient (Wildman–Crippen LogP) is 13.7. The lowest BCUT2D eigenvalue weighted by Gasteiger charge is -2.13. The van der Waals surface area contributed by atoms with Crippen molar-refractivity contribution in [1.82, 2.24) is 19.9 Å². The molecule has 4 aliphatic heterocycles. The summed E-state index contributed by atoms with van der Waals surface area (Å²) >= 11 is 0. The predicted molar refractivity (Wildman–Crippen MR) is 375 cm³/mol. The van der Waals surface area contributed by atoms with E-state index in [2.05, 4.69) is 52.0 Å². The van der Waals surface area contributed by atoms with Crippen LogP contribution in [-0.2, 0) is 96.6 Å². The summed E-state index contributed by atoms with van der Waals surface area (Å²) in [5, 5.41) is 2.67. The number of pyridine rings is 4. The molecule has 0 N–H and O–H groups in total. The van der Waals surface area contributed by atoms with Crippen LogP contribution >= 0.6 is 0 Å². The van der Waals surface area contributed by atoms with Crippen molar-refractivity contribution in [1.29, 1.82) is 0 Å². The Balaban J connectivity index is 0.000000150. The van der Waals surface area contributed by atoms with Crippen LogP contribution in [0.15, 0.2) is 148 Å². The second-order valence-corrected chi connectivity index (χ2v) is 28.4. The maximum Gasteiger partial charge on any atom is 0.422 e. The van der Waals surface area contributed by atoms with Gasteiger partial charge >= 0.3 is 6.18 Å². The third-order valence-corrected chi connectivity index (χ3v) is 21.1. The fraction of sp³-hybridized carbons (Fsp3) is 0.324. The average Bonchev–Trinajstić information content (AvgIpc) is 1.72. The summed E-state index contributed by atoms with van der Waals surface area (Å²) in [6.07, 6.45) is 5.34. The second kappa shape index (κ2) is 33.5. The summed E-state index contributed by atoms with van der Waals surface area (Å²) in [6, 6.07) is 32.4. The minimum atomic E-state index is -4.41. The molecule has 0 saturated heterocycles. The SMILES string of the molecule is COCCCOc1ccnc(CS(=O)C2=Nc3ccccc3C2)c1C.COc1c(C)cnc(CS(=O)C2=Nc3cc(C)ccc3C2)c1C.COc1ccc2c(c1)N=C(S(=O)Cc1nccc(OC)c1C)C2.Cc1c(OCC(F)(F)F)ccnc1CS(=O)C1=Nc2ccccc2C1. The van der Waals surface area contributed by atoms with Gasteiger partial charge in [0.1, 0.15) is 48.9 Å². The molecule has 0 amide bonds. The van der Waals surface area contributed by atoms with Gasteiger partial charge in [-0.2, -0.15) is 13.2 Å². The molecule has 4 atom stereocenters. The van der Waals surface area contributed by atoms with Crippen molar-refractivity contribution in [2.24, 2.45) is 20.0 Å². The van der Waals surface area contributed by atoms with Crippen LogP contribution in [0.1, 0.15) is 84.8 Å². The van der Waals surface area contributed by atoms with E-state index < -0.39 is 56.0 Å². The number of alkyl halides is 3. The van der Waals surface area contributed by atoms with Gasteiger partial charge in [-0.15, -0.1) is 0 Å². The number of aliphatic imine (C=N–C) groups is 4. The highest BCUT2D eigenvalue weighted by atomic mass is 32.2. The van der Waals surface area contributed by atoms with Crippen LogP contribution in [-0.4, -0.2) is 111 Å². The maximum atomic E-state index is 12.7. The zero-order chi connectivity index (χ0) is 68.6. The van der Waals surface area contributed by atoms with Crippen molar-refractivity contribution < 1.29 is 58.4 Å². The van der Waals surface area contributed by atoms with Crippen molar-refractivity contribution in [2.45, 2.75) is 103 Å². The Morgan fingerprint density at radius 2 is 0.865 bits per heavy atom. The molecule has 4 aromatic heterocycles. The molecule has 0 bridgehead atoms. The first-order chi connectivity index (χ1) is 46.1. The number of methoxy groups -OCH3 is 4. The van der Waals surface area contributed by atoms with Crippen molar-refractivity contribution >= 4 is 86.1 Å². The Hall–Kier alpha value is -8.49. The van der Waals surface area contributed by atoms with E-state index in [1.807, 2.05) is 113 Å². The molecule has 0 saturated carbocycles. The van der Waals surface area contributed by atoms with Crippen molar-refractivity contribution in [2.75, 3.05) is 48.3 Å². The van der Waals surface area contributed by atoms with Gasteiger partial charge in [0.2, 0.25) is 0 Å². The summed E-state index contributed by atoms with van der Waals surface area (Å²) < 4.78 is 119. The zero-order valence-corrected chi connectivity index (χ0v) is 58.3. The van der Waals surface area contributed by atoms with Crippen LogP contribution in [0.2, 0.25) is 0 Å². The highest BCUT2D eigenvalue weighted by Gasteiger charge is 2.30. The number of para-hydroxylation sites is 2. The first kappa shape index (κ1) is 71.8. The molecule has 504 valence electrons. The van der Waals surface area contributed by atoms with E-state index in [1.165, 1.54) is 17.8 Å². The third kappa shape index (κ3) is 18.7. The van der Waals surface area contributed by atoms with Crippen LogP contribution in [0.5, 0.6) is 28.7 Å². The van der Waals surface area contributed by atoms with E-state index in [-0.39, 0.29) is 11.5 Å². The van der Waals surface area contributed by atoms with E-state index in [9.17, 15) is 30.0 Å². The summed E-state index contributed by atoms with van der Waals surface area (Å²) in [6.45, 7) is 11.3. The van der Waals surface area contributed by atoms with Crippen molar-refractivity contribution in [3.8, 4) is 28.7 Å². The Bertz CT molecular complexity index is 4390. The van der Waals surface area contributed by atoms with Crippen LogP contribution in [0.3, 0.4) is 0 Å². The number of rotatable bonds is 18. The Labute approximate surface area is 567 Å². The van der Waals surface area contributed by atoms with Gasteiger partial charge in [0.25, 0.3) is 0 Å². The molecule has 0 spiro atoms. The van der Waals surface area contributed by atoms with E-state index in [1.54, 1.807) is 60.0 Å². The maximum absolute atomic E-state index is 12.7.